The van der Waals surface area contributed by atoms with Gasteiger partial charge in [-0.25, -0.2) is 0 Å². The van der Waals surface area contributed by atoms with Gasteiger partial charge in [0, 0.05) is 19.1 Å². The SMILES string of the molecule is CCCSCC(=O)C1CCOCC1. The second kappa shape index (κ2) is 6.44. The van der Waals surface area contributed by atoms with Crippen LogP contribution in [0.15, 0.2) is 0 Å². The number of ether oxygens (including phenoxy) is 1. The van der Waals surface area contributed by atoms with Gasteiger partial charge in [0.05, 0.1) is 5.75 Å². The van der Waals surface area contributed by atoms with Crippen LogP contribution < -0.4 is 0 Å². The zero-order valence-corrected chi connectivity index (χ0v) is 9.07. The Bertz CT molecular complexity index is 153. The number of Topliss-reactive ketones (excluding diaryl/α,β-unsaturated/α-hetero) is 1. The van der Waals surface area contributed by atoms with Crippen LogP contribution >= 0.6 is 11.8 Å². The normalized spacial score (nSPS) is 18.8. The van der Waals surface area contributed by atoms with Gasteiger partial charge in [0.2, 0.25) is 0 Å². The molecule has 1 aliphatic rings. The Hall–Kier alpha value is -0.0200. The molecule has 0 saturated carbocycles. The largest absolute Gasteiger partial charge is 0.381 e. The highest BCUT2D eigenvalue weighted by molar-refractivity contribution is 7.99. The van der Waals surface area contributed by atoms with Crippen molar-refractivity contribution in [2.24, 2.45) is 5.92 Å². The van der Waals surface area contributed by atoms with Crippen LogP contribution in [0.5, 0.6) is 0 Å². The maximum absolute atomic E-state index is 11.6. The average Bonchev–Trinajstić information content (AvgIpc) is 2.19. The van der Waals surface area contributed by atoms with Crippen LogP contribution in [-0.4, -0.2) is 30.5 Å². The first-order valence-electron chi connectivity index (χ1n) is 5.02. The van der Waals surface area contributed by atoms with Crippen LogP contribution in [0.2, 0.25) is 0 Å². The first-order chi connectivity index (χ1) is 6.34. The summed E-state index contributed by atoms with van der Waals surface area (Å²) in [6.45, 7) is 3.69. The van der Waals surface area contributed by atoms with Crippen LogP contribution in [0, 0.1) is 5.92 Å². The van der Waals surface area contributed by atoms with E-state index in [9.17, 15) is 4.79 Å². The Morgan fingerprint density at radius 1 is 1.46 bits per heavy atom. The lowest BCUT2D eigenvalue weighted by Gasteiger charge is -2.20. The molecule has 0 N–H and O–H groups in total. The van der Waals surface area contributed by atoms with Gasteiger partial charge in [0.1, 0.15) is 5.78 Å². The van der Waals surface area contributed by atoms with E-state index >= 15 is 0 Å². The maximum Gasteiger partial charge on any atom is 0.145 e. The lowest BCUT2D eigenvalue weighted by atomic mass is 9.96. The molecule has 0 aromatic carbocycles. The van der Waals surface area contributed by atoms with Crippen molar-refractivity contribution in [1.82, 2.24) is 0 Å². The van der Waals surface area contributed by atoms with Gasteiger partial charge >= 0.3 is 0 Å². The van der Waals surface area contributed by atoms with Crippen molar-refractivity contribution >= 4 is 17.5 Å². The molecule has 0 unspecified atom stereocenters. The fourth-order valence-corrected chi connectivity index (χ4v) is 2.32. The van der Waals surface area contributed by atoms with Crippen molar-refractivity contribution in [2.75, 3.05) is 24.7 Å². The molecule has 0 amide bonds. The number of thioether (sulfide) groups is 1. The van der Waals surface area contributed by atoms with Crippen molar-refractivity contribution in [2.45, 2.75) is 26.2 Å². The molecule has 0 aromatic rings. The third kappa shape index (κ3) is 4.14. The predicted molar refractivity (Wildman–Crippen MR) is 56.2 cm³/mol. The Morgan fingerprint density at radius 3 is 2.77 bits per heavy atom. The molecule has 1 fully saturated rings. The van der Waals surface area contributed by atoms with E-state index in [0.29, 0.717) is 11.5 Å². The third-order valence-corrected chi connectivity index (χ3v) is 3.45. The average molecular weight is 202 g/mol. The van der Waals surface area contributed by atoms with Gasteiger partial charge < -0.3 is 4.74 Å². The molecule has 13 heavy (non-hydrogen) atoms. The van der Waals surface area contributed by atoms with E-state index in [0.717, 1.165) is 38.2 Å². The molecule has 1 rings (SSSR count). The van der Waals surface area contributed by atoms with Gasteiger partial charge in [-0.2, -0.15) is 11.8 Å². The topological polar surface area (TPSA) is 26.3 Å². The van der Waals surface area contributed by atoms with Gasteiger partial charge in [-0.05, 0) is 25.0 Å². The number of carbonyl (C=O) groups is 1. The summed E-state index contributed by atoms with van der Waals surface area (Å²) in [5.74, 6) is 2.54. The van der Waals surface area contributed by atoms with Gasteiger partial charge in [-0.3, -0.25) is 4.79 Å². The summed E-state index contributed by atoms with van der Waals surface area (Å²) >= 11 is 1.76. The third-order valence-electron chi connectivity index (χ3n) is 2.27. The van der Waals surface area contributed by atoms with E-state index in [-0.39, 0.29) is 5.92 Å². The standard InChI is InChI=1S/C10H18O2S/c1-2-7-13-8-10(11)9-3-5-12-6-4-9/h9H,2-8H2,1H3. The maximum atomic E-state index is 11.6. The molecule has 2 nitrogen and oxygen atoms in total. The molecule has 3 heteroatoms. The van der Waals surface area contributed by atoms with Crippen molar-refractivity contribution in [3.05, 3.63) is 0 Å². The van der Waals surface area contributed by atoms with Gasteiger partial charge in [0.15, 0.2) is 0 Å². The molecular formula is C10H18O2S. The summed E-state index contributed by atoms with van der Waals surface area (Å²) in [6, 6.07) is 0. The molecule has 0 atom stereocenters. The van der Waals surface area contributed by atoms with E-state index in [1.165, 1.54) is 0 Å². The minimum atomic E-state index is 0.290. The van der Waals surface area contributed by atoms with Crippen LogP contribution in [0.4, 0.5) is 0 Å². The van der Waals surface area contributed by atoms with Gasteiger partial charge in [-0.1, -0.05) is 6.92 Å². The predicted octanol–water partition coefficient (Wildman–Crippen LogP) is 2.13. The molecule has 1 heterocycles. The molecule has 0 aliphatic carbocycles. The molecule has 1 aliphatic heterocycles. The second-order valence-corrected chi connectivity index (χ2v) is 4.51. The van der Waals surface area contributed by atoms with Crippen molar-refractivity contribution in [3.8, 4) is 0 Å². The second-order valence-electron chi connectivity index (χ2n) is 3.41. The monoisotopic (exact) mass is 202 g/mol. The summed E-state index contributed by atoms with van der Waals surface area (Å²) < 4.78 is 5.22. The summed E-state index contributed by atoms with van der Waals surface area (Å²) in [4.78, 5) is 11.6. The van der Waals surface area contributed by atoms with Crippen molar-refractivity contribution in [3.63, 3.8) is 0 Å². The van der Waals surface area contributed by atoms with Gasteiger partial charge in [-0.15, -0.1) is 0 Å². The molecule has 76 valence electrons. The highest BCUT2D eigenvalue weighted by Gasteiger charge is 2.20. The minimum absolute atomic E-state index is 0.290. The molecule has 0 radical (unpaired) electrons. The quantitative estimate of drug-likeness (QED) is 0.639. The van der Waals surface area contributed by atoms with Crippen LogP contribution in [0.3, 0.4) is 0 Å². The van der Waals surface area contributed by atoms with E-state index in [4.69, 9.17) is 4.74 Å². The van der Waals surface area contributed by atoms with Crippen molar-refractivity contribution in [1.29, 1.82) is 0 Å². The summed E-state index contributed by atoms with van der Waals surface area (Å²) in [6.07, 6.45) is 3.03. The number of carbonyl (C=O) groups excluding carboxylic acids is 1. The van der Waals surface area contributed by atoms with E-state index in [1.54, 1.807) is 11.8 Å². The van der Waals surface area contributed by atoms with Crippen molar-refractivity contribution < 1.29 is 9.53 Å². The molecule has 0 aromatic heterocycles. The molecule has 1 saturated heterocycles. The zero-order valence-electron chi connectivity index (χ0n) is 8.25. The summed E-state index contributed by atoms with van der Waals surface area (Å²) in [5.41, 5.74) is 0. The van der Waals surface area contributed by atoms with E-state index < -0.39 is 0 Å². The summed E-state index contributed by atoms with van der Waals surface area (Å²) in [7, 11) is 0. The highest BCUT2D eigenvalue weighted by Crippen LogP contribution is 2.18. The highest BCUT2D eigenvalue weighted by atomic mass is 32.2. The number of hydrogen-bond acceptors (Lipinski definition) is 3. The van der Waals surface area contributed by atoms with Crippen LogP contribution in [0.1, 0.15) is 26.2 Å². The first-order valence-corrected chi connectivity index (χ1v) is 6.18. The minimum Gasteiger partial charge on any atom is -0.381 e. The zero-order chi connectivity index (χ0) is 9.52. The fraction of sp³-hybridized carbons (Fsp3) is 0.900. The smallest absolute Gasteiger partial charge is 0.145 e. The first kappa shape index (κ1) is 11.1. The number of hydrogen-bond donors (Lipinski definition) is 0. The molecule has 0 bridgehead atoms. The fourth-order valence-electron chi connectivity index (χ4n) is 1.45. The Labute approximate surface area is 84.4 Å². The number of rotatable bonds is 5. The van der Waals surface area contributed by atoms with Gasteiger partial charge in [0.25, 0.3) is 0 Å². The molecule has 0 spiro atoms. The Morgan fingerprint density at radius 2 is 2.15 bits per heavy atom. The number of ketones is 1. The Balaban J connectivity index is 2.13. The van der Waals surface area contributed by atoms with Crippen LogP contribution in [0.25, 0.3) is 0 Å². The lowest BCUT2D eigenvalue weighted by Crippen LogP contribution is -2.24. The summed E-state index contributed by atoms with van der Waals surface area (Å²) in [5, 5.41) is 0. The van der Waals surface area contributed by atoms with E-state index in [1.807, 2.05) is 0 Å². The lowest BCUT2D eigenvalue weighted by molar-refractivity contribution is -0.123. The molecular weight excluding hydrogens is 184 g/mol. The van der Waals surface area contributed by atoms with E-state index in [2.05, 4.69) is 6.92 Å². The van der Waals surface area contributed by atoms with Crippen LogP contribution in [-0.2, 0) is 9.53 Å². The Kier molecular flexibility index (Phi) is 5.47.